The lowest BCUT2D eigenvalue weighted by Gasteiger charge is -2.29. The Morgan fingerprint density at radius 2 is 2.11 bits per heavy atom. The molecule has 2 aliphatic rings. The standard InChI is InChI=1S/C15H25N3S/c1-12-4-7-18(8-5-12)9-6-15-17-11-14(19-15)10-16-13-2-3-13/h11-13,16H,2-10H2,1H3. The van der Waals surface area contributed by atoms with Crippen molar-refractivity contribution in [2.45, 2.75) is 51.6 Å². The number of thiazole rings is 1. The van der Waals surface area contributed by atoms with Crippen molar-refractivity contribution in [2.24, 2.45) is 5.92 Å². The molecule has 1 saturated carbocycles. The maximum atomic E-state index is 4.57. The Morgan fingerprint density at radius 3 is 2.84 bits per heavy atom. The highest BCUT2D eigenvalue weighted by Gasteiger charge is 2.20. The highest BCUT2D eigenvalue weighted by molar-refractivity contribution is 7.11. The molecule has 0 amide bonds. The molecule has 106 valence electrons. The second-order valence-corrected chi connectivity index (χ2v) is 7.35. The summed E-state index contributed by atoms with van der Waals surface area (Å²) < 4.78 is 0. The normalized spacial score (nSPS) is 21.9. The number of piperidine rings is 1. The lowest BCUT2D eigenvalue weighted by molar-refractivity contribution is 0.194. The number of likely N-dealkylation sites (tertiary alicyclic amines) is 1. The molecule has 3 nitrogen and oxygen atoms in total. The number of nitrogens with zero attached hydrogens (tertiary/aromatic N) is 2. The molecule has 0 spiro atoms. The summed E-state index contributed by atoms with van der Waals surface area (Å²) in [6.45, 7) is 7.14. The third-order valence-corrected chi connectivity index (χ3v) is 5.32. The number of rotatable bonds is 6. The molecule has 2 heterocycles. The van der Waals surface area contributed by atoms with E-state index in [9.17, 15) is 0 Å². The summed E-state index contributed by atoms with van der Waals surface area (Å²) in [5.41, 5.74) is 0. The summed E-state index contributed by atoms with van der Waals surface area (Å²) in [5.74, 6) is 0.927. The molecule has 0 unspecified atom stereocenters. The summed E-state index contributed by atoms with van der Waals surface area (Å²) in [4.78, 5) is 8.56. The Hall–Kier alpha value is -0.450. The van der Waals surface area contributed by atoms with Crippen molar-refractivity contribution in [3.63, 3.8) is 0 Å². The van der Waals surface area contributed by atoms with Crippen molar-refractivity contribution in [3.8, 4) is 0 Å². The van der Waals surface area contributed by atoms with Crippen molar-refractivity contribution in [1.29, 1.82) is 0 Å². The molecule has 1 saturated heterocycles. The molecular weight excluding hydrogens is 254 g/mol. The molecule has 1 aliphatic carbocycles. The zero-order chi connectivity index (χ0) is 13.1. The van der Waals surface area contributed by atoms with Crippen LogP contribution >= 0.6 is 11.3 Å². The van der Waals surface area contributed by atoms with E-state index in [1.165, 1.54) is 55.2 Å². The fraction of sp³-hybridized carbons (Fsp3) is 0.800. The molecule has 0 aromatic carbocycles. The molecule has 19 heavy (non-hydrogen) atoms. The summed E-state index contributed by atoms with van der Waals surface area (Å²) >= 11 is 1.89. The van der Waals surface area contributed by atoms with Crippen LogP contribution in [-0.4, -0.2) is 35.6 Å². The van der Waals surface area contributed by atoms with Gasteiger partial charge in [-0.2, -0.15) is 0 Å². The number of aromatic nitrogens is 1. The van der Waals surface area contributed by atoms with Gasteiger partial charge in [0.2, 0.25) is 0 Å². The Balaban J connectivity index is 1.39. The minimum Gasteiger partial charge on any atom is -0.309 e. The third-order valence-electron chi connectivity index (χ3n) is 4.26. The van der Waals surface area contributed by atoms with Crippen LogP contribution in [0.2, 0.25) is 0 Å². The largest absolute Gasteiger partial charge is 0.309 e. The summed E-state index contributed by atoms with van der Waals surface area (Å²) in [5, 5.41) is 4.87. The monoisotopic (exact) mass is 279 g/mol. The topological polar surface area (TPSA) is 28.2 Å². The molecule has 0 bridgehead atoms. The molecule has 4 heteroatoms. The SMILES string of the molecule is CC1CCN(CCc2ncc(CNC3CC3)s2)CC1. The number of nitrogens with one attached hydrogen (secondary N) is 1. The highest BCUT2D eigenvalue weighted by atomic mass is 32.1. The smallest absolute Gasteiger partial charge is 0.0940 e. The molecule has 1 aliphatic heterocycles. The second kappa shape index (κ2) is 6.33. The van der Waals surface area contributed by atoms with Gasteiger partial charge in [0, 0.05) is 36.6 Å². The van der Waals surface area contributed by atoms with Gasteiger partial charge in [0.25, 0.3) is 0 Å². The minimum atomic E-state index is 0.792. The maximum absolute atomic E-state index is 4.57. The molecule has 0 atom stereocenters. The van der Waals surface area contributed by atoms with Gasteiger partial charge in [-0.05, 0) is 44.7 Å². The van der Waals surface area contributed by atoms with E-state index in [0.717, 1.165) is 24.9 Å². The van der Waals surface area contributed by atoms with Crippen LogP contribution in [-0.2, 0) is 13.0 Å². The predicted molar refractivity (Wildman–Crippen MR) is 80.5 cm³/mol. The van der Waals surface area contributed by atoms with Crippen LogP contribution in [0.5, 0.6) is 0 Å². The first kappa shape index (κ1) is 13.5. The van der Waals surface area contributed by atoms with Crippen LogP contribution in [0.15, 0.2) is 6.20 Å². The van der Waals surface area contributed by atoms with E-state index >= 15 is 0 Å². The van der Waals surface area contributed by atoms with E-state index in [-0.39, 0.29) is 0 Å². The van der Waals surface area contributed by atoms with Gasteiger partial charge in [-0.1, -0.05) is 6.92 Å². The van der Waals surface area contributed by atoms with Crippen LogP contribution in [0.3, 0.4) is 0 Å². The van der Waals surface area contributed by atoms with E-state index in [0.29, 0.717) is 0 Å². The van der Waals surface area contributed by atoms with Crippen LogP contribution in [0, 0.1) is 5.92 Å². The average Bonchev–Trinajstić information content (AvgIpc) is 3.15. The molecule has 2 fully saturated rings. The number of hydrogen-bond acceptors (Lipinski definition) is 4. The lowest BCUT2D eigenvalue weighted by Crippen LogP contribution is -2.34. The molecule has 0 radical (unpaired) electrons. The zero-order valence-corrected chi connectivity index (χ0v) is 12.7. The third kappa shape index (κ3) is 4.26. The van der Waals surface area contributed by atoms with Gasteiger partial charge in [-0.3, -0.25) is 0 Å². The first-order valence-corrected chi connectivity index (χ1v) is 8.50. The van der Waals surface area contributed by atoms with E-state index in [1.54, 1.807) is 0 Å². The Kier molecular flexibility index (Phi) is 4.51. The lowest BCUT2D eigenvalue weighted by atomic mass is 9.99. The average molecular weight is 279 g/mol. The summed E-state index contributed by atoms with van der Waals surface area (Å²) in [7, 11) is 0. The van der Waals surface area contributed by atoms with Gasteiger partial charge < -0.3 is 10.2 Å². The van der Waals surface area contributed by atoms with Crippen LogP contribution < -0.4 is 5.32 Å². The van der Waals surface area contributed by atoms with Crippen molar-refractivity contribution < 1.29 is 0 Å². The summed E-state index contributed by atoms with van der Waals surface area (Å²) in [6.07, 6.45) is 8.65. The van der Waals surface area contributed by atoms with Crippen LogP contribution in [0.25, 0.3) is 0 Å². The van der Waals surface area contributed by atoms with E-state index in [4.69, 9.17) is 0 Å². The van der Waals surface area contributed by atoms with Gasteiger partial charge in [-0.15, -0.1) is 11.3 Å². The Bertz CT molecular complexity index is 392. The van der Waals surface area contributed by atoms with Gasteiger partial charge in [-0.25, -0.2) is 4.98 Å². The fourth-order valence-corrected chi connectivity index (χ4v) is 3.48. The first-order valence-electron chi connectivity index (χ1n) is 7.69. The van der Waals surface area contributed by atoms with Gasteiger partial charge in [0.15, 0.2) is 0 Å². The van der Waals surface area contributed by atoms with E-state index in [2.05, 4.69) is 28.3 Å². The first-order chi connectivity index (χ1) is 9.29. The van der Waals surface area contributed by atoms with Crippen molar-refractivity contribution in [3.05, 3.63) is 16.1 Å². The maximum Gasteiger partial charge on any atom is 0.0940 e. The van der Waals surface area contributed by atoms with E-state index < -0.39 is 0 Å². The summed E-state index contributed by atoms with van der Waals surface area (Å²) in [6, 6.07) is 0.792. The molecule has 1 aromatic rings. The van der Waals surface area contributed by atoms with Gasteiger partial charge in [0.1, 0.15) is 0 Å². The molecule has 1 aromatic heterocycles. The van der Waals surface area contributed by atoms with Gasteiger partial charge >= 0.3 is 0 Å². The van der Waals surface area contributed by atoms with E-state index in [1.807, 2.05) is 11.3 Å². The number of hydrogen-bond donors (Lipinski definition) is 1. The van der Waals surface area contributed by atoms with Crippen LogP contribution in [0.1, 0.15) is 42.5 Å². The highest BCUT2D eigenvalue weighted by Crippen LogP contribution is 2.21. The fourth-order valence-electron chi connectivity index (χ4n) is 2.62. The Labute approximate surface area is 120 Å². The minimum absolute atomic E-state index is 0.792. The van der Waals surface area contributed by atoms with Crippen molar-refractivity contribution in [2.75, 3.05) is 19.6 Å². The Morgan fingerprint density at radius 1 is 1.32 bits per heavy atom. The quantitative estimate of drug-likeness (QED) is 0.868. The second-order valence-electron chi connectivity index (χ2n) is 6.15. The molecular formula is C15H25N3S. The zero-order valence-electron chi connectivity index (χ0n) is 11.9. The van der Waals surface area contributed by atoms with Gasteiger partial charge in [0.05, 0.1) is 5.01 Å². The van der Waals surface area contributed by atoms with Crippen molar-refractivity contribution in [1.82, 2.24) is 15.2 Å². The van der Waals surface area contributed by atoms with Crippen molar-refractivity contribution >= 4 is 11.3 Å². The predicted octanol–water partition coefficient (Wildman–Crippen LogP) is 2.67. The van der Waals surface area contributed by atoms with Crippen LogP contribution in [0.4, 0.5) is 0 Å². The molecule has 3 rings (SSSR count). The molecule has 1 N–H and O–H groups in total.